The summed E-state index contributed by atoms with van der Waals surface area (Å²) in [5, 5.41) is 8.22. The Kier molecular flexibility index (Phi) is 4.55. The van der Waals surface area contributed by atoms with Crippen LogP contribution in [0.2, 0.25) is 0 Å². The summed E-state index contributed by atoms with van der Waals surface area (Å²) in [7, 11) is 2.00. The van der Waals surface area contributed by atoms with Gasteiger partial charge in [-0.1, -0.05) is 34.6 Å². The van der Waals surface area contributed by atoms with E-state index >= 15 is 0 Å². The van der Waals surface area contributed by atoms with Gasteiger partial charge in [-0.3, -0.25) is 4.68 Å². The number of hydrogen-bond donors (Lipinski definition) is 1. The van der Waals surface area contributed by atoms with Crippen LogP contribution in [-0.4, -0.2) is 29.0 Å². The first kappa shape index (κ1) is 15.5. The Morgan fingerprint density at radius 2 is 2.15 bits per heavy atom. The zero-order valence-corrected chi connectivity index (χ0v) is 13.7. The highest BCUT2D eigenvalue weighted by Gasteiger charge is 2.35. The molecule has 1 aromatic heterocycles. The Bertz CT molecular complexity index is 445. The molecule has 2 atom stereocenters. The first-order chi connectivity index (χ1) is 9.29. The van der Waals surface area contributed by atoms with E-state index in [0.29, 0.717) is 12.0 Å². The minimum atomic E-state index is 0.0541. The quantitative estimate of drug-likeness (QED) is 0.921. The summed E-state index contributed by atoms with van der Waals surface area (Å²) >= 11 is 0. The van der Waals surface area contributed by atoms with Crippen LogP contribution in [0.25, 0.3) is 0 Å². The van der Waals surface area contributed by atoms with Gasteiger partial charge < -0.3 is 10.1 Å². The zero-order chi connectivity index (χ0) is 14.9. The summed E-state index contributed by atoms with van der Waals surface area (Å²) in [6, 6.07) is 0.521. The molecule has 0 aromatic carbocycles. The molecule has 2 unspecified atom stereocenters. The fourth-order valence-corrected chi connectivity index (χ4v) is 2.87. The predicted molar refractivity (Wildman–Crippen MR) is 81.8 cm³/mol. The third kappa shape index (κ3) is 3.41. The number of nitrogens with one attached hydrogen (secondary N) is 1. The van der Waals surface area contributed by atoms with Crippen molar-refractivity contribution in [2.45, 2.75) is 58.6 Å². The largest absolute Gasteiger partial charge is 0.373 e. The van der Waals surface area contributed by atoms with Gasteiger partial charge in [0.2, 0.25) is 0 Å². The van der Waals surface area contributed by atoms with Crippen molar-refractivity contribution in [1.82, 2.24) is 15.1 Å². The highest BCUT2D eigenvalue weighted by atomic mass is 16.5. The molecule has 20 heavy (non-hydrogen) atoms. The zero-order valence-electron chi connectivity index (χ0n) is 13.7. The molecule has 0 amide bonds. The lowest BCUT2D eigenvalue weighted by molar-refractivity contribution is 0.0885. The average molecular weight is 279 g/mol. The summed E-state index contributed by atoms with van der Waals surface area (Å²) in [5.74, 6) is 0.544. The van der Waals surface area contributed by atoms with Gasteiger partial charge in [0.05, 0.1) is 11.8 Å². The topological polar surface area (TPSA) is 39.1 Å². The van der Waals surface area contributed by atoms with Crippen LogP contribution < -0.4 is 5.32 Å². The van der Waals surface area contributed by atoms with E-state index < -0.39 is 0 Å². The van der Waals surface area contributed by atoms with Gasteiger partial charge in [-0.2, -0.15) is 5.10 Å². The normalized spacial score (nSPS) is 23.8. The van der Waals surface area contributed by atoms with Crippen LogP contribution >= 0.6 is 0 Å². The van der Waals surface area contributed by atoms with Crippen molar-refractivity contribution in [3.05, 3.63) is 17.5 Å². The Morgan fingerprint density at radius 1 is 1.45 bits per heavy atom. The first-order valence-electron chi connectivity index (χ1n) is 7.68. The van der Waals surface area contributed by atoms with Gasteiger partial charge in [0, 0.05) is 49.3 Å². The number of aryl methyl sites for hydroxylation is 1. The molecular weight excluding hydrogens is 250 g/mol. The number of rotatable bonds is 4. The molecular formula is C16H29N3O. The number of nitrogens with zero attached hydrogens (tertiary/aromatic N) is 2. The van der Waals surface area contributed by atoms with E-state index in [4.69, 9.17) is 4.74 Å². The molecule has 0 spiro atoms. The van der Waals surface area contributed by atoms with Gasteiger partial charge >= 0.3 is 0 Å². The summed E-state index contributed by atoms with van der Waals surface area (Å²) in [5.41, 5.74) is 2.49. The summed E-state index contributed by atoms with van der Waals surface area (Å²) < 4.78 is 7.96. The Labute approximate surface area is 122 Å². The maximum Gasteiger partial charge on any atom is 0.0899 e. The Balaban J connectivity index is 2.21. The van der Waals surface area contributed by atoms with Crippen molar-refractivity contribution in [3.63, 3.8) is 0 Å². The van der Waals surface area contributed by atoms with Crippen LogP contribution in [0.5, 0.6) is 0 Å². The molecule has 0 saturated carbocycles. The van der Waals surface area contributed by atoms with E-state index in [1.807, 2.05) is 11.7 Å². The maximum atomic E-state index is 6.04. The lowest BCUT2D eigenvalue weighted by Gasteiger charge is -2.24. The summed E-state index contributed by atoms with van der Waals surface area (Å²) in [6.07, 6.45) is 3.45. The van der Waals surface area contributed by atoms with Gasteiger partial charge in [-0.05, 0) is 6.42 Å². The molecule has 1 fully saturated rings. The minimum absolute atomic E-state index is 0.0541. The average Bonchev–Trinajstić information content (AvgIpc) is 2.90. The maximum absolute atomic E-state index is 6.04. The van der Waals surface area contributed by atoms with Crippen molar-refractivity contribution < 1.29 is 4.74 Å². The number of ether oxygens (including phenoxy) is 1. The second-order valence-corrected chi connectivity index (χ2v) is 7.26. The third-order valence-electron chi connectivity index (χ3n) is 3.88. The predicted octanol–water partition coefficient (Wildman–Crippen LogP) is 2.79. The van der Waals surface area contributed by atoms with Crippen LogP contribution in [0.4, 0.5) is 0 Å². The monoisotopic (exact) mass is 279 g/mol. The SMILES string of the molecule is CC(C)NCC1CCOC1c1cn(C)nc1C(C)(C)C. The molecule has 2 heterocycles. The molecule has 1 N–H and O–H groups in total. The van der Waals surface area contributed by atoms with Crippen molar-refractivity contribution in [2.24, 2.45) is 13.0 Å². The lowest BCUT2D eigenvalue weighted by Crippen LogP contribution is -2.30. The van der Waals surface area contributed by atoms with Gasteiger partial charge in [0.25, 0.3) is 0 Å². The van der Waals surface area contributed by atoms with Crippen molar-refractivity contribution in [3.8, 4) is 0 Å². The third-order valence-corrected chi connectivity index (χ3v) is 3.88. The van der Waals surface area contributed by atoms with Gasteiger partial charge in [0.15, 0.2) is 0 Å². The molecule has 1 aromatic rings. The lowest BCUT2D eigenvalue weighted by atomic mass is 9.85. The second kappa shape index (κ2) is 5.86. The highest BCUT2D eigenvalue weighted by Crippen LogP contribution is 2.38. The van der Waals surface area contributed by atoms with Crippen LogP contribution in [0.1, 0.15) is 58.4 Å². The molecule has 1 aliphatic rings. The Hall–Kier alpha value is -0.870. The van der Waals surface area contributed by atoms with E-state index in [9.17, 15) is 0 Å². The molecule has 0 bridgehead atoms. The molecule has 0 aliphatic carbocycles. The van der Waals surface area contributed by atoms with Crippen molar-refractivity contribution in [2.75, 3.05) is 13.2 Å². The van der Waals surface area contributed by atoms with E-state index in [2.05, 4.69) is 51.2 Å². The molecule has 114 valence electrons. The first-order valence-corrected chi connectivity index (χ1v) is 7.68. The van der Waals surface area contributed by atoms with Crippen molar-refractivity contribution >= 4 is 0 Å². The molecule has 4 heteroatoms. The van der Waals surface area contributed by atoms with Crippen LogP contribution in [-0.2, 0) is 17.2 Å². The van der Waals surface area contributed by atoms with Gasteiger partial charge in [-0.15, -0.1) is 0 Å². The number of hydrogen-bond acceptors (Lipinski definition) is 3. The molecule has 4 nitrogen and oxygen atoms in total. The molecule has 1 saturated heterocycles. The fraction of sp³-hybridized carbons (Fsp3) is 0.812. The van der Waals surface area contributed by atoms with E-state index in [0.717, 1.165) is 19.6 Å². The molecule has 2 rings (SSSR count). The molecule has 0 radical (unpaired) electrons. The van der Waals surface area contributed by atoms with E-state index in [1.54, 1.807) is 0 Å². The smallest absolute Gasteiger partial charge is 0.0899 e. The van der Waals surface area contributed by atoms with Crippen LogP contribution in [0.3, 0.4) is 0 Å². The van der Waals surface area contributed by atoms with Crippen LogP contribution in [0, 0.1) is 5.92 Å². The van der Waals surface area contributed by atoms with Gasteiger partial charge in [-0.25, -0.2) is 0 Å². The standard InChI is InChI=1S/C16H29N3O/c1-11(2)17-9-12-7-8-20-14(12)13-10-19(6)18-15(13)16(3,4)5/h10-12,14,17H,7-9H2,1-6H3. The highest BCUT2D eigenvalue weighted by molar-refractivity contribution is 5.27. The Morgan fingerprint density at radius 3 is 2.75 bits per heavy atom. The van der Waals surface area contributed by atoms with E-state index in [-0.39, 0.29) is 11.5 Å². The van der Waals surface area contributed by atoms with E-state index in [1.165, 1.54) is 11.3 Å². The minimum Gasteiger partial charge on any atom is -0.373 e. The number of aromatic nitrogens is 2. The van der Waals surface area contributed by atoms with Crippen LogP contribution in [0.15, 0.2) is 6.20 Å². The molecule has 1 aliphatic heterocycles. The summed E-state index contributed by atoms with van der Waals surface area (Å²) in [4.78, 5) is 0. The fourth-order valence-electron chi connectivity index (χ4n) is 2.87. The van der Waals surface area contributed by atoms with Crippen molar-refractivity contribution in [1.29, 1.82) is 0 Å². The summed E-state index contributed by atoms with van der Waals surface area (Å²) in [6.45, 7) is 12.9. The second-order valence-electron chi connectivity index (χ2n) is 7.26. The van der Waals surface area contributed by atoms with Gasteiger partial charge in [0.1, 0.15) is 0 Å².